The van der Waals surface area contributed by atoms with Crippen molar-refractivity contribution >= 4 is 11.8 Å². The molecule has 0 atom stereocenters. The van der Waals surface area contributed by atoms with E-state index in [0.717, 1.165) is 31.6 Å². The van der Waals surface area contributed by atoms with Crippen molar-refractivity contribution in [2.45, 2.75) is 69.4 Å². The molecular formula is C36H43N5O2. The van der Waals surface area contributed by atoms with E-state index in [0.29, 0.717) is 18.5 Å². The molecule has 7 heteroatoms. The molecule has 2 fully saturated rings. The molecule has 2 saturated heterocycles. The zero-order valence-electron chi connectivity index (χ0n) is 25.6. The summed E-state index contributed by atoms with van der Waals surface area (Å²) >= 11 is 0. The van der Waals surface area contributed by atoms with Gasteiger partial charge in [-0.25, -0.2) is 4.79 Å². The molecule has 224 valence electrons. The summed E-state index contributed by atoms with van der Waals surface area (Å²) in [6.07, 6.45) is 9.57. The van der Waals surface area contributed by atoms with Gasteiger partial charge in [-0.1, -0.05) is 30.3 Å². The molecule has 4 aliphatic heterocycles. The standard InChI is InChI=1S/C20H25N3O2.C16H18N2/c1-19(2,3)25-18(24)22-13-10-20(11-14-22)17-9-6-12-23(17)16-8-5-4-7-15(16)21-20;1-2-5-14-13(4-1)12-16(7-9-17-10-8-16)15-6-3-11-18(14)15/h4-9,12,21H,10-11,13-14H2,1-3H3;1-6,11,17H,7-10,12H2. The SMILES string of the molecule is CC(C)(C)OC(=O)N1CCC2(CC1)Nc1ccccc1-n1cccc12.c1ccc2c(c1)CC1(CCNCC1)c1cccn1-2. The smallest absolute Gasteiger partial charge is 0.410 e. The summed E-state index contributed by atoms with van der Waals surface area (Å²) in [6.45, 7) is 9.39. The van der Waals surface area contributed by atoms with Crippen molar-refractivity contribution in [1.29, 1.82) is 0 Å². The van der Waals surface area contributed by atoms with Gasteiger partial charge in [0, 0.05) is 48.0 Å². The summed E-state index contributed by atoms with van der Waals surface area (Å²) in [4.78, 5) is 14.2. The third kappa shape index (κ3) is 5.03. The molecule has 2 aromatic carbocycles. The zero-order valence-corrected chi connectivity index (χ0v) is 25.6. The van der Waals surface area contributed by atoms with E-state index in [1.165, 1.54) is 47.6 Å². The summed E-state index contributed by atoms with van der Waals surface area (Å²) in [5.74, 6) is 0. The molecule has 0 bridgehead atoms. The lowest BCUT2D eigenvalue weighted by Crippen LogP contribution is -2.51. The Bertz CT molecular complexity index is 1610. The Hall–Kier alpha value is -3.97. The number of carbonyl (C=O) groups is 1. The molecule has 7 nitrogen and oxygen atoms in total. The Kier molecular flexibility index (Phi) is 6.88. The maximum absolute atomic E-state index is 12.4. The summed E-state index contributed by atoms with van der Waals surface area (Å²) in [5.41, 5.74) is 7.78. The van der Waals surface area contributed by atoms with Gasteiger partial charge in [-0.15, -0.1) is 0 Å². The van der Waals surface area contributed by atoms with Crippen LogP contribution in [0, 0.1) is 0 Å². The highest BCUT2D eigenvalue weighted by atomic mass is 16.6. The minimum absolute atomic E-state index is 0.129. The molecule has 8 rings (SSSR count). The molecule has 2 aromatic heterocycles. The third-order valence-electron chi connectivity index (χ3n) is 9.68. The number of hydrogen-bond donors (Lipinski definition) is 2. The Morgan fingerprint density at radius 1 is 0.767 bits per heavy atom. The second-order valence-corrected chi connectivity index (χ2v) is 13.6. The first-order chi connectivity index (χ1) is 20.8. The fraction of sp³-hybridized carbons (Fsp3) is 0.417. The van der Waals surface area contributed by atoms with Crippen LogP contribution in [-0.4, -0.2) is 51.9 Å². The molecule has 4 aliphatic rings. The molecule has 2 spiro atoms. The van der Waals surface area contributed by atoms with Crippen LogP contribution in [0.5, 0.6) is 0 Å². The Labute approximate surface area is 254 Å². The highest BCUT2D eigenvalue weighted by Crippen LogP contribution is 2.44. The lowest BCUT2D eigenvalue weighted by atomic mass is 9.70. The van der Waals surface area contributed by atoms with Crippen LogP contribution in [0.1, 0.15) is 63.4 Å². The van der Waals surface area contributed by atoms with Gasteiger partial charge >= 0.3 is 6.09 Å². The van der Waals surface area contributed by atoms with Crippen molar-refractivity contribution in [2.24, 2.45) is 0 Å². The number of rotatable bonds is 0. The molecule has 1 amide bonds. The number of aromatic nitrogens is 2. The Morgan fingerprint density at radius 3 is 2.12 bits per heavy atom. The van der Waals surface area contributed by atoms with Gasteiger partial charge in [0.05, 0.1) is 16.9 Å². The number of para-hydroxylation sites is 3. The molecule has 0 aliphatic carbocycles. The van der Waals surface area contributed by atoms with Crippen molar-refractivity contribution in [3.05, 3.63) is 102 Å². The second-order valence-electron chi connectivity index (χ2n) is 13.6. The minimum Gasteiger partial charge on any atom is -0.444 e. The van der Waals surface area contributed by atoms with Crippen molar-refractivity contribution in [1.82, 2.24) is 19.4 Å². The van der Waals surface area contributed by atoms with Crippen molar-refractivity contribution in [3.8, 4) is 11.4 Å². The maximum Gasteiger partial charge on any atom is 0.410 e. The number of hydrogen-bond acceptors (Lipinski definition) is 4. The first kappa shape index (κ1) is 27.8. The van der Waals surface area contributed by atoms with Gasteiger partial charge in [0.25, 0.3) is 0 Å². The summed E-state index contributed by atoms with van der Waals surface area (Å²) in [7, 11) is 0. The minimum atomic E-state index is -0.455. The maximum atomic E-state index is 12.4. The van der Waals surface area contributed by atoms with Crippen LogP contribution >= 0.6 is 0 Å². The van der Waals surface area contributed by atoms with Crippen LogP contribution in [0.25, 0.3) is 11.4 Å². The number of nitrogens with zero attached hydrogens (tertiary/aromatic N) is 3. The van der Waals surface area contributed by atoms with Gasteiger partial charge in [0.2, 0.25) is 0 Å². The van der Waals surface area contributed by atoms with Gasteiger partial charge < -0.3 is 29.4 Å². The van der Waals surface area contributed by atoms with Gasteiger partial charge in [0.15, 0.2) is 0 Å². The number of benzene rings is 2. The average Bonchev–Trinajstić information content (AvgIpc) is 3.70. The monoisotopic (exact) mass is 577 g/mol. The quantitative estimate of drug-likeness (QED) is 0.242. The largest absolute Gasteiger partial charge is 0.444 e. The Morgan fingerprint density at radius 2 is 1.40 bits per heavy atom. The molecular weight excluding hydrogens is 534 g/mol. The molecule has 6 heterocycles. The number of anilines is 1. The molecule has 0 saturated carbocycles. The predicted molar refractivity (Wildman–Crippen MR) is 171 cm³/mol. The summed E-state index contributed by atoms with van der Waals surface area (Å²) in [6, 6.07) is 26.0. The first-order valence-corrected chi connectivity index (χ1v) is 15.8. The van der Waals surface area contributed by atoms with E-state index in [9.17, 15) is 4.79 Å². The number of carbonyl (C=O) groups excluding carboxylic acids is 1. The zero-order chi connectivity index (χ0) is 29.7. The number of nitrogens with one attached hydrogen (secondary N) is 2. The van der Waals surface area contributed by atoms with E-state index in [1.807, 2.05) is 25.7 Å². The molecule has 43 heavy (non-hydrogen) atoms. The molecule has 0 unspecified atom stereocenters. The third-order valence-corrected chi connectivity index (χ3v) is 9.68. The van der Waals surface area contributed by atoms with Crippen LogP contribution < -0.4 is 10.6 Å². The summed E-state index contributed by atoms with van der Waals surface area (Å²) < 4.78 is 10.2. The second kappa shape index (κ2) is 10.6. The van der Waals surface area contributed by atoms with Gasteiger partial charge in [-0.2, -0.15) is 0 Å². The van der Waals surface area contributed by atoms with Crippen LogP contribution in [0.15, 0.2) is 85.2 Å². The number of ether oxygens (including phenoxy) is 1. The lowest BCUT2D eigenvalue weighted by Gasteiger charge is -2.46. The van der Waals surface area contributed by atoms with Crippen molar-refractivity contribution in [3.63, 3.8) is 0 Å². The van der Waals surface area contributed by atoms with Crippen LogP contribution in [-0.2, 0) is 22.1 Å². The number of amides is 1. The fourth-order valence-electron chi connectivity index (χ4n) is 7.58. The normalized spacial score (nSPS) is 19.2. The van der Waals surface area contributed by atoms with E-state index in [-0.39, 0.29) is 11.6 Å². The fourth-order valence-corrected chi connectivity index (χ4v) is 7.58. The molecule has 0 radical (unpaired) electrons. The van der Waals surface area contributed by atoms with Crippen molar-refractivity contribution in [2.75, 3.05) is 31.5 Å². The van der Waals surface area contributed by atoms with Crippen LogP contribution in [0.4, 0.5) is 10.5 Å². The van der Waals surface area contributed by atoms with Gasteiger partial charge in [0.1, 0.15) is 5.60 Å². The number of likely N-dealkylation sites (tertiary alicyclic amines) is 1. The predicted octanol–water partition coefficient (Wildman–Crippen LogP) is 6.78. The highest BCUT2D eigenvalue weighted by molar-refractivity contribution is 5.70. The van der Waals surface area contributed by atoms with E-state index >= 15 is 0 Å². The molecule has 2 N–H and O–H groups in total. The highest BCUT2D eigenvalue weighted by Gasteiger charge is 2.43. The van der Waals surface area contributed by atoms with Crippen LogP contribution in [0.3, 0.4) is 0 Å². The first-order valence-electron chi connectivity index (χ1n) is 15.8. The Balaban J connectivity index is 0.000000147. The van der Waals surface area contributed by atoms with E-state index in [1.54, 1.807) is 0 Å². The molecule has 4 aromatic rings. The average molecular weight is 578 g/mol. The van der Waals surface area contributed by atoms with Gasteiger partial charge in [-0.3, -0.25) is 0 Å². The van der Waals surface area contributed by atoms with Gasteiger partial charge in [-0.05, 0) is 114 Å². The van der Waals surface area contributed by atoms with E-state index in [4.69, 9.17) is 4.74 Å². The lowest BCUT2D eigenvalue weighted by molar-refractivity contribution is 0.0172. The number of fused-ring (bicyclic) bond motifs is 8. The van der Waals surface area contributed by atoms with E-state index < -0.39 is 5.60 Å². The topological polar surface area (TPSA) is 63.5 Å². The summed E-state index contributed by atoms with van der Waals surface area (Å²) in [5, 5.41) is 7.26. The number of piperidine rings is 2. The van der Waals surface area contributed by atoms with Crippen molar-refractivity contribution < 1.29 is 9.53 Å². The van der Waals surface area contributed by atoms with E-state index in [2.05, 4.69) is 105 Å². The van der Waals surface area contributed by atoms with Crippen LogP contribution in [0.2, 0.25) is 0 Å².